The molecule has 1 aromatic heterocycles. The van der Waals surface area contributed by atoms with Gasteiger partial charge in [0.05, 0.1) is 7.11 Å². The Morgan fingerprint density at radius 3 is 2.86 bits per heavy atom. The highest BCUT2D eigenvalue weighted by molar-refractivity contribution is 7.17. The second kappa shape index (κ2) is 6.06. The maximum atomic E-state index is 6.39. The van der Waals surface area contributed by atoms with Gasteiger partial charge in [-0.05, 0) is 47.0 Å². The van der Waals surface area contributed by atoms with E-state index in [-0.39, 0.29) is 6.04 Å². The summed E-state index contributed by atoms with van der Waals surface area (Å²) in [4.78, 5) is 0. The first-order valence-electron chi connectivity index (χ1n) is 6.73. The Morgan fingerprint density at radius 1 is 1.24 bits per heavy atom. The topological polar surface area (TPSA) is 35.2 Å². The molecule has 0 saturated heterocycles. The molecule has 3 aromatic rings. The average molecular weight is 318 g/mol. The normalized spacial score (nSPS) is 12.5. The van der Waals surface area contributed by atoms with E-state index in [4.69, 9.17) is 22.1 Å². The van der Waals surface area contributed by atoms with Crippen LogP contribution in [0.15, 0.2) is 47.8 Å². The van der Waals surface area contributed by atoms with E-state index in [1.165, 1.54) is 15.6 Å². The van der Waals surface area contributed by atoms with E-state index in [1.807, 2.05) is 18.2 Å². The van der Waals surface area contributed by atoms with Crippen LogP contribution in [0.4, 0.5) is 0 Å². The van der Waals surface area contributed by atoms with Gasteiger partial charge in [-0.2, -0.15) is 0 Å². The van der Waals surface area contributed by atoms with Gasteiger partial charge < -0.3 is 10.5 Å². The molecule has 0 aliphatic carbocycles. The number of thiophene rings is 1. The molecule has 1 unspecified atom stereocenters. The van der Waals surface area contributed by atoms with E-state index in [9.17, 15) is 0 Å². The first-order valence-corrected chi connectivity index (χ1v) is 7.99. The van der Waals surface area contributed by atoms with Gasteiger partial charge in [-0.3, -0.25) is 0 Å². The molecule has 0 spiro atoms. The largest absolute Gasteiger partial charge is 0.496 e. The SMILES string of the molecule is COc1ccc(Cl)cc1C(N)Cc1csc2ccccc12. The van der Waals surface area contributed by atoms with Crippen molar-refractivity contribution >= 4 is 33.0 Å². The van der Waals surface area contributed by atoms with Gasteiger partial charge in [0.15, 0.2) is 0 Å². The molecule has 0 radical (unpaired) electrons. The van der Waals surface area contributed by atoms with Gasteiger partial charge in [0, 0.05) is 21.3 Å². The summed E-state index contributed by atoms with van der Waals surface area (Å²) in [5.74, 6) is 0.784. The van der Waals surface area contributed by atoms with E-state index in [0.29, 0.717) is 5.02 Å². The summed E-state index contributed by atoms with van der Waals surface area (Å²) in [7, 11) is 1.65. The summed E-state index contributed by atoms with van der Waals surface area (Å²) >= 11 is 7.84. The molecular weight excluding hydrogens is 302 g/mol. The van der Waals surface area contributed by atoms with Crippen molar-refractivity contribution in [2.75, 3.05) is 7.11 Å². The number of rotatable bonds is 4. The second-order valence-electron chi connectivity index (χ2n) is 4.95. The van der Waals surface area contributed by atoms with Crippen LogP contribution in [0.1, 0.15) is 17.2 Å². The molecular formula is C17H16ClNOS. The third-order valence-corrected chi connectivity index (χ3v) is 4.84. The number of methoxy groups -OCH3 is 1. The monoisotopic (exact) mass is 317 g/mol. The number of hydrogen-bond donors (Lipinski definition) is 1. The van der Waals surface area contributed by atoms with Gasteiger partial charge in [0.1, 0.15) is 5.75 Å². The molecule has 2 aromatic carbocycles. The Labute approximate surface area is 133 Å². The molecule has 1 heterocycles. The molecule has 0 aliphatic heterocycles. The Hall–Kier alpha value is -1.55. The van der Waals surface area contributed by atoms with E-state index < -0.39 is 0 Å². The van der Waals surface area contributed by atoms with Crippen molar-refractivity contribution < 1.29 is 4.74 Å². The summed E-state index contributed by atoms with van der Waals surface area (Å²) in [6, 6.07) is 13.8. The summed E-state index contributed by atoms with van der Waals surface area (Å²) in [5, 5.41) is 4.14. The van der Waals surface area contributed by atoms with Crippen LogP contribution in [0.2, 0.25) is 5.02 Å². The zero-order valence-electron chi connectivity index (χ0n) is 11.7. The van der Waals surface area contributed by atoms with Gasteiger partial charge >= 0.3 is 0 Å². The fourth-order valence-corrected chi connectivity index (χ4v) is 3.69. The predicted octanol–water partition coefficient (Wildman–Crippen LogP) is 4.81. The fraction of sp³-hybridized carbons (Fsp3) is 0.176. The maximum Gasteiger partial charge on any atom is 0.123 e. The minimum absolute atomic E-state index is 0.142. The lowest BCUT2D eigenvalue weighted by molar-refractivity contribution is 0.405. The highest BCUT2D eigenvalue weighted by Crippen LogP contribution is 2.32. The number of benzene rings is 2. The fourth-order valence-electron chi connectivity index (χ4n) is 2.53. The Morgan fingerprint density at radius 2 is 2.05 bits per heavy atom. The van der Waals surface area contributed by atoms with Gasteiger partial charge in [0.2, 0.25) is 0 Å². The van der Waals surface area contributed by atoms with Crippen LogP contribution in [0, 0.1) is 0 Å². The summed E-state index contributed by atoms with van der Waals surface area (Å²) < 4.78 is 6.68. The van der Waals surface area contributed by atoms with E-state index in [2.05, 4.69) is 29.6 Å². The molecule has 0 amide bonds. The summed E-state index contributed by atoms with van der Waals surface area (Å²) in [6.45, 7) is 0. The highest BCUT2D eigenvalue weighted by Gasteiger charge is 2.15. The van der Waals surface area contributed by atoms with Crippen LogP contribution in [0.5, 0.6) is 5.75 Å². The number of halogens is 1. The van der Waals surface area contributed by atoms with Crippen molar-refractivity contribution in [1.29, 1.82) is 0 Å². The smallest absolute Gasteiger partial charge is 0.123 e. The highest BCUT2D eigenvalue weighted by atomic mass is 35.5. The Balaban J connectivity index is 1.93. The third kappa shape index (κ3) is 2.91. The molecule has 0 aliphatic rings. The lowest BCUT2D eigenvalue weighted by atomic mass is 9.98. The van der Waals surface area contributed by atoms with Crippen molar-refractivity contribution in [2.45, 2.75) is 12.5 Å². The summed E-state index contributed by atoms with van der Waals surface area (Å²) in [5.41, 5.74) is 8.60. The maximum absolute atomic E-state index is 6.39. The van der Waals surface area contributed by atoms with Crippen molar-refractivity contribution in [1.82, 2.24) is 0 Å². The Bertz CT molecular complexity index is 768. The lowest BCUT2D eigenvalue weighted by Crippen LogP contribution is -2.14. The average Bonchev–Trinajstić information content (AvgIpc) is 2.90. The van der Waals surface area contributed by atoms with Crippen molar-refractivity contribution in [3.63, 3.8) is 0 Å². The van der Waals surface area contributed by atoms with Crippen LogP contribution in [0.3, 0.4) is 0 Å². The molecule has 0 bridgehead atoms. The standard InChI is InChI=1S/C17H16ClNOS/c1-20-16-7-6-12(18)9-14(16)15(19)8-11-10-21-17-5-3-2-4-13(11)17/h2-7,9-10,15H,8,19H2,1H3. The zero-order chi connectivity index (χ0) is 14.8. The molecule has 3 rings (SSSR count). The number of nitrogens with two attached hydrogens (primary N) is 1. The van der Waals surface area contributed by atoms with Crippen LogP contribution in [0.25, 0.3) is 10.1 Å². The van der Waals surface area contributed by atoms with E-state index in [0.717, 1.165) is 17.7 Å². The number of ether oxygens (including phenoxy) is 1. The van der Waals surface area contributed by atoms with Crippen LogP contribution in [-0.2, 0) is 6.42 Å². The molecule has 21 heavy (non-hydrogen) atoms. The van der Waals surface area contributed by atoms with Crippen LogP contribution >= 0.6 is 22.9 Å². The Kier molecular flexibility index (Phi) is 4.15. The number of fused-ring (bicyclic) bond motifs is 1. The molecule has 2 nitrogen and oxygen atoms in total. The molecule has 2 N–H and O–H groups in total. The molecule has 4 heteroatoms. The molecule has 0 fully saturated rings. The van der Waals surface area contributed by atoms with Crippen molar-refractivity contribution in [2.24, 2.45) is 5.73 Å². The van der Waals surface area contributed by atoms with E-state index >= 15 is 0 Å². The van der Waals surface area contributed by atoms with Gasteiger partial charge in [0.25, 0.3) is 0 Å². The zero-order valence-corrected chi connectivity index (χ0v) is 13.2. The lowest BCUT2D eigenvalue weighted by Gasteiger charge is -2.16. The van der Waals surface area contributed by atoms with Gasteiger partial charge in [-0.15, -0.1) is 11.3 Å². The van der Waals surface area contributed by atoms with Gasteiger partial charge in [-0.1, -0.05) is 29.8 Å². The van der Waals surface area contributed by atoms with Crippen LogP contribution < -0.4 is 10.5 Å². The van der Waals surface area contributed by atoms with Crippen molar-refractivity contribution in [3.8, 4) is 5.75 Å². The number of hydrogen-bond acceptors (Lipinski definition) is 3. The first-order chi connectivity index (χ1) is 10.2. The van der Waals surface area contributed by atoms with Crippen LogP contribution in [-0.4, -0.2) is 7.11 Å². The minimum Gasteiger partial charge on any atom is -0.496 e. The van der Waals surface area contributed by atoms with E-state index in [1.54, 1.807) is 18.4 Å². The third-order valence-electron chi connectivity index (χ3n) is 3.59. The predicted molar refractivity (Wildman–Crippen MR) is 90.5 cm³/mol. The van der Waals surface area contributed by atoms with Gasteiger partial charge in [-0.25, -0.2) is 0 Å². The molecule has 0 saturated carbocycles. The molecule has 108 valence electrons. The minimum atomic E-state index is -0.142. The molecule has 1 atom stereocenters. The van der Waals surface area contributed by atoms with Crippen molar-refractivity contribution in [3.05, 3.63) is 64.0 Å². The quantitative estimate of drug-likeness (QED) is 0.749. The first kappa shape index (κ1) is 14.4. The second-order valence-corrected chi connectivity index (χ2v) is 6.30. The summed E-state index contributed by atoms with van der Waals surface area (Å²) in [6.07, 6.45) is 0.765.